The number of unbranched alkanes of at least 4 members (excludes halogenated alkanes) is 12. The molecule has 1 amide bonds. The predicted octanol–water partition coefficient (Wildman–Crippen LogP) is 6.48. The molecule has 248 valence electrons. The smallest absolute Gasteiger partial charge is 0.220 e. The van der Waals surface area contributed by atoms with E-state index in [1.165, 1.54) is 51.4 Å². The van der Waals surface area contributed by atoms with Crippen molar-refractivity contribution in [2.75, 3.05) is 6.61 Å². The maximum atomic E-state index is 12.4. The third-order valence-electron chi connectivity index (χ3n) is 8.49. The van der Waals surface area contributed by atoms with Crippen molar-refractivity contribution in [1.29, 1.82) is 0 Å². The standard InChI is InChI=1S/C36H63NO6/c1-3-5-7-8-9-10-11-12-13-14-19-23-33(40)32(28-38)37-36(43)24-20-16-15-18-22-30-31(35(42)27-34(30)41)26-25-29(39)21-17-6-4-2/h15,18-19,23,25-26,29-33,35,38-40,42H,3-14,16-17,20-22,24,27-28H2,1-2H3,(H,37,43)/b18-15-,23-19+,26-25+/t29-,30+,31+,32-,33+,35+/m0/s1. The van der Waals surface area contributed by atoms with Gasteiger partial charge in [0.25, 0.3) is 0 Å². The van der Waals surface area contributed by atoms with E-state index in [0.29, 0.717) is 25.7 Å². The number of ketones is 1. The maximum absolute atomic E-state index is 12.4. The lowest BCUT2D eigenvalue weighted by Gasteiger charge is -2.19. The van der Waals surface area contributed by atoms with Gasteiger partial charge in [0, 0.05) is 24.7 Å². The molecule has 0 heterocycles. The van der Waals surface area contributed by atoms with E-state index in [0.717, 1.165) is 32.1 Å². The number of nitrogens with one attached hydrogen (secondary N) is 1. The van der Waals surface area contributed by atoms with Gasteiger partial charge >= 0.3 is 0 Å². The third-order valence-corrected chi connectivity index (χ3v) is 8.49. The lowest BCUT2D eigenvalue weighted by molar-refractivity contribution is -0.123. The van der Waals surface area contributed by atoms with Crippen LogP contribution in [0.25, 0.3) is 0 Å². The van der Waals surface area contributed by atoms with Gasteiger partial charge in [-0.25, -0.2) is 0 Å². The van der Waals surface area contributed by atoms with Crippen molar-refractivity contribution < 1.29 is 30.0 Å². The molecule has 0 aromatic carbocycles. The summed E-state index contributed by atoms with van der Waals surface area (Å²) in [5, 5.41) is 43.3. The SMILES string of the molecule is CCCCCCCCCCC/C=C/[C@@H](O)[C@H](CO)NC(=O)CCC/C=C\C[C@H]1C(=O)C[C@@H](O)[C@@H]1/C=C/[C@@H](O)CCCCC. The predicted molar refractivity (Wildman–Crippen MR) is 176 cm³/mol. The first-order chi connectivity index (χ1) is 20.8. The van der Waals surface area contributed by atoms with Crippen LogP contribution in [0.4, 0.5) is 0 Å². The molecule has 0 saturated heterocycles. The number of hydrogen-bond acceptors (Lipinski definition) is 6. The number of amides is 1. The van der Waals surface area contributed by atoms with Crippen LogP contribution in [0.15, 0.2) is 36.5 Å². The fourth-order valence-corrected chi connectivity index (χ4v) is 5.69. The van der Waals surface area contributed by atoms with Crippen LogP contribution in [0.3, 0.4) is 0 Å². The second-order valence-corrected chi connectivity index (χ2v) is 12.4. The van der Waals surface area contributed by atoms with Gasteiger partial charge < -0.3 is 25.7 Å². The number of allylic oxidation sites excluding steroid dienone is 3. The highest BCUT2D eigenvalue weighted by Crippen LogP contribution is 2.33. The van der Waals surface area contributed by atoms with E-state index in [-0.39, 0.29) is 43.0 Å². The largest absolute Gasteiger partial charge is 0.394 e. The van der Waals surface area contributed by atoms with E-state index in [1.807, 2.05) is 24.3 Å². The molecule has 6 atom stereocenters. The summed E-state index contributed by atoms with van der Waals surface area (Å²) in [7, 11) is 0. The minimum atomic E-state index is -0.925. The fourth-order valence-electron chi connectivity index (χ4n) is 5.69. The molecule has 0 radical (unpaired) electrons. The minimum absolute atomic E-state index is 0.0440. The van der Waals surface area contributed by atoms with Crippen LogP contribution >= 0.6 is 0 Å². The topological polar surface area (TPSA) is 127 Å². The molecule has 1 aliphatic carbocycles. The Hall–Kier alpha value is -1.80. The number of aliphatic hydroxyl groups is 4. The summed E-state index contributed by atoms with van der Waals surface area (Å²) in [4.78, 5) is 24.8. The molecule has 7 nitrogen and oxygen atoms in total. The quantitative estimate of drug-likeness (QED) is 0.0567. The Bertz CT molecular complexity index is 810. The summed E-state index contributed by atoms with van der Waals surface area (Å²) in [6.07, 6.45) is 27.2. The Balaban J connectivity index is 2.28. The van der Waals surface area contributed by atoms with Gasteiger partial charge in [0.15, 0.2) is 0 Å². The molecule has 1 saturated carbocycles. The molecule has 5 N–H and O–H groups in total. The minimum Gasteiger partial charge on any atom is -0.394 e. The summed E-state index contributed by atoms with van der Waals surface area (Å²) in [6, 6.07) is -0.725. The highest BCUT2D eigenvalue weighted by atomic mass is 16.3. The summed E-state index contributed by atoms with van der Waals surface area (Å²) < 4.78 is 0. The number of carbonyl (C=O) groups excluding carboxylic acids is 2. The highest BCUT2D eigenvalue weighted by molar-refractivity contribution is 5.84. The lowest BCUT2D eigenvalue weighted by atomic mass is 9.90. The molecule has 1 rings (SSSR count). The number of carbonyl (C=O) groups is 2. The Labute approximate surface area is 261 Å². The first kappa shape index (κ1) is 39.2. The van der Waals surface area contributed by atoms with Crippen molar-refractivity contribution in [3.63, 3.8) is 0 Å². The third kappa shape index (κ3) is 18.6. The first-order valence-electron chi connectivity index (χ1n) is 17.3. The van der Waals surface area contributed by atoms with Crippen LogP contribution < -0.4 is 5.32 Å². The average molecular weight is 606 g/mol. The molecule has 43 heavy (non-hydrogen) atoms. The Morgan fingerprint density at radius 3 is 2.16 bits per heavy atom. The average Bonchev–Trinajstić information content (AvgIpc) is 3.26. The molecule has 7 heteroatoms. The van der Waals surface area contributed by atoms with Crippen molar-refractivity contribution in [3.05, 3.63) is 36.5 Å². The summed E-state index contributed by atoms with van der Waals surface area (Å²) in [5.74, 6) is -0.753. The van der Waals surface area contributed by atoms with Crippen molar-refractivity contribution in [3.8, 4) is 0 Å². The van der Waals surface area contributed by atoms with Gasteiger partial charge in [-0.3, -0.25) is 9.59 Å². The van der Waals surface area contributed by atoms with Gasteiger partial charge in [0.1, 0.15) is 5.78 Å². The number of aliphatic hydroxyl groups excluding tert-OH is 4. The van der Waals surface area contributed by atoms with E-state index >= 15 is 0 Å². The second kappa shape index (κ2) is 25.5. The van der Waals surface area contributed by atoms with Crippen molar-refractivity contribution in [2.24, 2.45) is 11.8 Å². The maximum Gasteiger partial charge on any atom is 0.220 e. The van der Waals surface area contributed by atoms with Crippen LogP contribution in [0.1, 0.15) is 136 Å². The van der Waals surface area contributed by atoms with E-state index in [4.69, 9.17) is 0 Å². The molecule has 1 fully saturated rings. The molecule has 0 bridgehead atoms. The second-order valence-electron chi connectivity index (χ2n) is 12.4. The Kier molecular flexibility index (Phi) is 23.3. The molecule has 0 unspecified atom stereocenters. The first-order valence-corrected chi connectivity index (χ1v) is 17.3. The van der Waals surface area contributed by atoms with Crippen LogP contribution in [-0.4, -0.2) is 63.1 Å². The van der Waals surface area contributed by atoms with E-state index in [9.17, 15) is 30.0 Å². The van der Waals surface area contributed by atoms with Crippen molar-refractivity contribution in [2.45, 2.75) is 160 Å². The fraction of sp³-hybridized carbons (Fsp3) is 0.778. The zero-order valence-corrected chi connectivity index (χ0v) is 27.2. The van der Waals surface area contributed by atoms with Gasteiger partial charge in [-0.2, -0.15) is 0 Å². The zero-order valence-electron chi connectivity index (χ0n) is 27.2. The lowest BCUT2D eigenvalue weighted by Crippen LogP contribution is -2.45. The van der Waals surface area contributed by atoms with Crippen LogP contribution in [0.2, 0.25) is 0 Å². The van der Waals surface area contributed by atoms with Gasteiger partial charge in [-0.05, 0) is 38.5 Å². The summed E-state index contributed by atoms with van der Waals surface area (Å²) in [6.45, 7) is 4.02. The Morgan fingerprint density at radius 1 is 0.860 bits per heavy atom. The molecule has 0 aromatic heterocycles. The number of hydrogen-bond donors (Lipinski definition) is 5. The summed E-state index contributed by atoms with van der Waals surface area (Å²) in [5.41, 5.74) is 0. The molecule has 0 spiro atoms. The molecule has 1 aliphatic rings. The molecular formula is C36H63NO6. The molecular weight excluding hydrogens is 542 g/mol. The van der Waals surface area contributed by atoms with Gasteiger partial charge in [-0.1, -0.05) is 121 Å². The van der Waals surface area contributed by atoms with Gasteiger partial charge in [0.2, 0.25) is 5.91 Å². The van der Waals surface area contributed by atoms with Crippen molar-refractivity contribution in [1.82, 2.24) is 5.32 Å². The van der Waals surface area contributed by atoms with E-state index in [2.05, 4.69) is 19.2 Å². The van der Waals surface area contributed by atoms with E-state index in [1.54, 1.807) is 12.2 Å². The van der Waals surface area contributed by atoms with E-state index < -0.39 is 24.4 Å². The molecule has 0 aliphatic heterocycles. The van der Waals surface area contributed by atoms with Crippen molar-refractivity contribution >= 4 is 11.7 Å². The van der Waals surface area contributed by atoms with Crippen LogP contribution in [-0.2, 0) is 9.59 Å². The molecule has 0 aromatic rings. The monoisotopic (exact) mass is 605 g/mol. The van der Waals surface area contributed by atoms with Crippen LogP contribution in [0.5, 0.6) is 0 Å². The van der Waals surface area contributed by atoms with Gasteiger partial charge in [-0.15, -0.1) is 0 Å². The Morgan fingerprint density at radius 2 is 1.49 bits per heavy atom. The van der Waals surface area contributed by atoms with Gasteiger partial charge in [0.05, 0.1) is 31.0 Å². The summed E-state index contributed by atoms with van der Waals surface area (Å²) >= 11 is 0. The number of Topliss-reactive ketones (excluding diaryl/α,β-unsaturated/α-hetero) is 1. The van der Waals surface area contributed by atoms with Crippen LogP contribution in [0, 0.1) is 11.8 Å². The number of rotatable bonds is 26. The zero-order chi connectivity index (χ0) is 31.7. The highest BCUT2D eigenvalue weighted by Gasteiger charge is 2.39. The normalized spacial score (nSPS) is 21.3.